The lowest BCUT2D eigenvalue weighted by molar-refractivity contribution is -0.870. The highest BCUT2D eigenvalue weighted by atomic mass is 31.2. The van der Waals surface area contributed by atoms with E-state index in [1.54, 1.807) is 0 Å². The quantitative estimate of drug-likeness (QED) is 0.0212. The van der Waals surface area contributed by atoms with Crippen molar-refractivity contribution in [1.82, 2.24) is 5.32 Å². The van der Waals surface area contributed by atoms with Crippen LogP contribution in [0.4, 0.5) is 0 Å². The van der Waals surface area contributed by atoms with Gasteiger partial charge in [0.05, 0.1) is 33.8 Å². The lowest BCUT2D eigenvalue weighted by Gasteiger charge is -2.30. The smallest absolute Gasteiger partial charge is 0.306 e. The Morgan fingerprint density at radius 2 is 0.718 bits per heavy atom. The summed E-state index contributed by atoms with van der Waals surface area (Å²) in [6.45, 7) is 6.87. The molecule has 0 aliphatic rings. The number of phosphoric ester groups is 1. The van der Waals surface area contributed by atoms with Gasteiger partial charge in [0.1, 0.15) is 19.3 Å². The summed E-state index contributed by atoms with van der Waals surface area (Å²) < 4.78 is 30.5. The molecule has 0 heterocycles. The van der Waals surface area contributed by atoms with E-state index in [1.807, 2.05) is 33.3 Å². The van der Waals surface area contributed by atoms with Crippen LogP contribution in [0.2, 0.25) is 0 Å². The van der Waals surface area contributed by atoms with Crippen LogP contribution in [-0.4, -0.2) is 69.4 Å². The van der Waals surface area contributed by atoms with Crippen LogP contribution in [0, 0.1) is 0 Å². The molecule has 3 unspecified atom stereocenters. The average molecular weight is 1210 g/mol. The average Bonchev–Trinajstić information content (AvgIpc) is 3.50. The fraction of sp³-hybridized carbons (Fsp3) is 0.840. The molecule has 0 fully saturated rings. The van der Waals surface area contributed by atoms with Gasteiger partial charge in [-0.25, -0.2) is 0 Å². The number of carbonyl (C=O) groups is 2. The van der Waals surface area contributed by atoms with E-state index in [2.05, 4.69) is 74.7 Å². The van der Waals surface area contributed by atoms with E-state index in [4.69, 9.17) is 13.8 Å². The first-order chi connectivity index (χ1) is 41.4. The molecule has 0 saturated carbocycles. The third kappa shape index (κ3) is 66.0. The highest BCUT2D eigenvalue weighted by molar-refractivity contribution is 7.45. The van der Waals surface area contributed by atoms with Gasteiger partial charge in [0.15, 0.2) is 0 Å². The van der Waals surface area contributed by atoms with Crippen LogP contribution in [0.3, 0.4) is 0 Å². The fourth-order valence-electron chi connectivity index (χ4n) is 10.8. The van der Waals surface area contributed by atoms with Crippen molar-refractivity contribution in [2.45, 2.75) is 367 Å². The van der Waals surface area contributed by atoms with Gasteiger partial charge in [-0.15, -0.1) is 0 Å². The second kappa shape index (κ2) is 64.7. The number of hydrogen-bond donors (Lipinski definition) is 1. The number of carbonyl (C=O) groups excluding carboxylic acids is 2. The molecule has 498 valence electrons. The van der Waals surface area contributed by atoms with Gasteiger partial charge in [-0.3, -0.25) is 14.2 Å². The maximum atomic E-state index is 13.6. The topological polar surface area (TPSA) is 114 Å². The van der Waals surface area contributed by atoms with Gasteiger partial charge in [0.25, 0.3) is 7.82 Å². The van der Waals surface area contributed by atoms with E-state index in [9.17, 15) is 19.0 Å². The standard InChI is InChI=1S/C75H141N2O7P/c1-7-10-13-16-19-22-25-28-30-32-34-35-36-37-38-39-40-41-43-45-47-50-53-56-59-62-65-68-75(79)84-73(66-63-60-57-54-51-48-27-24-21-18-15-12-9-3)72(71-83-85(80,81)82-70-69-77(4,5)6)76-74(78)67-64-61-58-55-52-49-46-44-42-33-31-29-26-23-20-17-14-11-8-2/h19,22,28,30,34-35,37-38,63,66,72-73H,7-18,20-21,23-27,29,31-33,36,39-62,64-65,67-71H2,1-6H3,(H-,76,78,80,81)/b22-19-,30-28-,35-34-,38-37-,66-63+. The van der Waals surface area contributed by atoms with Crippen molar-refractivity contribution < 1.29 is 37.3 Å². The minimum atomic E-state index is -4.70. The maximum Gasteiger partial charge on any atom is 0.306 e. The molecule has 3 atom stereocenters. The van der Waals surface area contributed by atoms with Crippen LogP contribution in [0.25, 0.3) is 0 Å². The molecule has 1 amide bonds. The van der Waals surface area contributed by atoms with Gasteiger partial charge in [-0.05, 0) is 76.7 Å². The molecule has 0 bridgehead atoms. The Hall–Kier alpha value is -2.29. The Morgan fingerprint density at radius 1 is 0.412 bits per heavy atom. The zero-order chi connectivity index (χ0) is 62.1. The first kappa shape index (κ1) is 82.7. The van der Waals surface area contributed by atoms with Gasteiger partial charge in [-0.2, -0.15) is 0 Å². The molecule has 0 aliphatic carbocycles. The normalized spacial score (nSPS) is 13.8. The molecule has 0 aromatic rings. The number of amides is 1. The molecule has 9 nitrogen and oxygen atoms in total. The van der Waals surface area contributed by atoms with Crippen molar-refractivity contribution in [3.05, 3.63) is 60.8 Å². The highest BCUT2D eigenvalue weighted by Gasteiger charge is 2.27. The Bertz CT molecular complexity index is 1640. The summed E-state index contributed by atoms with van der Waals surface area (Å²) >= 11 is 0. The van der Waals surface area contributed by atoms with Crippen molar-refractivity contribution >= 4 is 19.7 Å². The minimum Gasteiger partial charge on any atom is -0.756 e. The summed E-state index contributed by atoms with van der Waals surface area (Å²) in [7, 11) is 1.20. The monoisotopic (exact) mass is 1210 g/mol. The molecule has 1 N–H and O–H groups in total. The molecule has 0 aliphatic heterocycles. The first-order valence-electron chi connectivity index (χ1n) is 36.6. The molecule has 0 radical (unpaired) electrons. The summed E-state index contributed by atoms with van der Waals surface area (Å²) in [5, 5.41) is 3.05. The second-order valence-corrected chi connectivity index (χ2v) is 27.5. The zero-order valence-electron chi connectivity index (χ0n) is 57.1. The SMILES string of the molecule is CCCCC/C=C\C/C=C\C/C=C\C/C=C\CCCCCCCCCCCCCC(=O)OC(/C=C/CCCCCCCCCCCCC)C(COP(=O)([O-])OCC[N+](C)(C)C)NC(=O)CCCCCCCCCCCCCCCCCCCCC. The summed E-state index contributed by atoms with van der Waals surface area (Å²) in [6, 6.07) is -0.889. The number of quaternary nitrogens is 1. The molecule has 0 saturated heterocycles. The number of hydrogen-bond acceptors (Lipinski definition) is 7. The van der Waals surface area contributed by atoms with Gasteiger partial charge < -0.3 is 28.5 Å². The van der Waals surface area contributed by atoms with Crippen molar-refractivity contribution in [1.29, 1.82) is 0 Å². The van der Waals surface area contributed by atoms with Crippen molar-refractivity contribution in [3.8, 4) is 0 Å². The number of nitrogens with one attached hydrogen (secondary N) is 1. The molecule has 10 heteroatoms. The number of esters is 1. The molecule has 85 heavy (non-hydrogen) atoms. The fourth-order valence-corrected chi connectivity index (χ4v) is 11.5. The maximum absolute atomic E-state index is 13.6. The molecular weight excluding hydrogens is 1070 g/mol. The van der Waals surface area contributed by atoms with Gasteiger partial charge in [-0.1, -0.05) is 326 Å². The number of phosphoric acid groups is 1. The van der Waals surface area contributed by atoms with E-state index in [0.717, 1.165) is 77.0 Å². The van der Waals surface area contributed by atoms with Crippen LogP contribution >= 0.6 is 7.82 Å². The van der Waals surface area contributed by atoms with E-state index in [0.29, 0.717) is 17.4 Å². The van der Waals surface area contributed by atoms with Crippen molar-refractivity contribution in [2.24, 2.45) is 0 Å². The predicted octanol–water partition coefficient (Wildman–Crippen LogP) is 22.7. The Labute approximate surface area is 528 Å². The summed E-state index contributed by atoms with van der Waals surface area (Å²) in [5.41, 5.74) is 0. The third-order valence-corrected chi connectivity index (χ3v) is 17.4. The molecule has 0 aromatic carbocycles. The highest BCUT2D eigenvalue weighted by Crippen LogP contribution is 2.38. The van der Waals surface area contributed by atoms with E-state index < -0.39 is 20.0 Å². The number of allylic oxidation sites excluding steroid dienone is 9. The molecular formula is C75H141N2O7P. The van der Waals surface area contributed by atoms with Crippen LogP contribution < -0.4 is 10.2 Å². The largest absolute Gasteiger partial charge is 0.756 e. The van der Waals surface area contributed by atoms with Crippen molar-refractivity contribution in [2.75, 3.05) is 40.9 Å². The Morgan fingerprint density at radius 3 is 1.09 bits per heavy atom. The molecule has 0 rings (SSSR count). The third-order valence-electron chi connectivity index (χ3n) is 16.5. The van der Waals surface area contributed by atoms with Crippen LogP contribution in [0.1, 0.15) is 355 Å². The lowest BCUT2D eigenvalue weighted by atomic mass is 10.0. The number of nitrogens with zero attached hydrogens (tertiary/aromatic N) is 1. The number of ether oxygens (including phenoxy) is 1. The summed E-state index contributed by atoms with van der Waals surface area (Å²) in [5.74, 6) is -0.528. The van der Waals surface area contributed by atoms with Gasteiger partial charge >= 0.3 is 5.97 Å². The lowest BCUT2D eigenvalue weighted by Crippen LogP contribution is -2.47. The first-order valence-corrected chi connectivity index (χ1v) is 38.1. The number of unbranched alkanes of at least 4 members (excludes halogenated alkanes) is 43. The van der Waals surface area contributed by atoms with Crippen LogP contribution in [0.15, 0.2) is 60.8 Å². The zero-order valence-corrected chi connectivity index (χ0v) is 58.0. The molecule has 0 spiro atoms. The number of rotatable bonds is 67. The second-order valence-electron chi connectivity index (χ2n) is 26.1. The Balaban J connectivity index is 5.05. The predicted molar refractivity (Wildman–Crippen MR) is 367 cm³/mol. The van der Waals surface area contributed by atoms with E-state index in [1.165, 1.54) is 244 Å². The minimum absolute atomic E-state index is 0.0216. The number of likely N-dealkylation sites (N-methyl/N-ethyl adjacent to an activating group) is 1. The van der Waals surface area contributed by atoms with Crippen LogP contribution in [-0.2, 0) is 27.9 Å². The summed E-state index contributed by atoms with van der Waals surface area (Å²) in [6.07, 6.45) is 83.4. The summed E-state index contributed by atoms with van der Waals surface area (Å²) in [4.78, 5) is 40.2. The van der Waals surface area contributed by atoms with E-state index in [-0.39, 0.29) is 31.5 Å². The van der Waals surface area contributed by atoms with Gasteiger partial charge in [0.2, 0.25) is 5.91 Å². The van der Waals surface area contributed by atoms with Crippen molar-refractivity contribution in [3.63, 3.8) is 0 Å². The Kier molecular flexibility index (Phi) is 62.9. The molecule has 0 aromatic heterocycles. The van der Waals surface area contributed by atoms with E-state index >= 15 is 0 Å². The van der Waals surface area contributed by atoms with Gasteiger partial charge in [0, 0.05) is 12.8 Å². The van der Waals surface area contributed by atoms with Crippen LogP contribution in [0.5, 0.6) is 0 Å².